The summed E-state index contributed by atoms with van der Waals surface area (Å²) in [6.07, 6.45) is 12.2. The molecule has 1 saturated carbocycles. The van der Waals surface area contributed by atoms with Crippen LogP contribution in [0.4, 0.5) is 22.1 Å². The lowest BCUT2D eigenvalue weighted by atomic mass is 9.77. The lowest BCUT2D eigenvalue weighted by molar-refractivity contribution is -0.118. The number of benzene rings is 3. The van der Waals surface area contributed by atoms with Gasteiger partial charge in [0.05, 0.1) is 16.7 Å². The molecule has 4 unspecified atom stereocenters. The van der Waals surface area contributed by atoms with Gasteiger partial charge in [-0.2, -0.15) is 4.98 Å². The Bertz CT molecular complexity index is 1990. The molecule has 3 amide bonds. The third kappa shape index (κ3) is 6.44. The first-order valence-electron chi connectivity index (χ1n) is 17.9. The monoisotopic (exact) mass is 656 g/mol. The maximum Gasteiger partial charge on any atom is 0.321 e. The van der Waals surface area contributed by atoms with Crippen molar-refractivity contribution in [3.8, 4) is 5.82 Å². The van der Waals surface area contributed by atoms with Crippen LogP contribution in [-0.2, 0) is 4.79 Å². The molecule has 8 rings (SSSR count). The summed E-state index contributed by atoms with van der Waals surface area (Å²) in [7, 11) is 0. The van der Waals surface area contributed by atoms with Crippen LogP contribution in [0, 0.1) is 17.8 Å². The normalized spacial score (nSPS) is 22.1. The van der Waals surface area contributed by atoms with Gasteiger partial charge in [0.2, 0.25) is 11.9 Å². The van der Waals surface area contributed by atoms with E-state index in [4.69, 9.17) is 9.97 Å². The fourth-order valence-corrected chi connectivity index (χ4v) is 8.29. The Morgan fingerprint density at radius 1 is 0.898 bits per heavy atom. The summed E-state index contributed by atoms with van der Waals surface area (Å²) in [5.41, 5.74) is 3.53. The van der Waals surface area contributed by atoms with Gasteiger partial charge < -0.3 is 20.4 Å². The molecule has 2 N–H and O–H groups in total. The summed E-state index contributed by atoms with van der Waals surface area (Å²) in [4.78, 5) is 44.6. The molecule has 2 aromatic heterocycles. The Morgan fingerprint density at radius 2 is 1.76 bits per heavy atom. The second-order valence-corrected chi connectivity index (χ2v) is 14.1. The molecule has 0 radical (unpaired) electrons. The number of likely N-dealkylation sites (tertiary alicyclic amines) is 1. The Balaban J connectivity index is 0.939. The van der Waals surface area contributed by atoms with Crippen LogP contribution < -0.4 is 15.5 Å². The largest absolute Gasteiger partial charge is 0.351 e. The van der Waals surface area contributed by atoms with Gasteiger partial charge in [-0.3, -0.25) is 9.36 Å². The Labute approximate surface area is 286 Å². The Morgan fingerprint density at radius 3 is 2.67 bits per heavy atom. The molecule has 2 aliphatic heterocycles. The summed E-state index contributed by atoms with van der Waals surface area (Å²) >= 11 is 0. The van der Waals surface area contributed by atoms with Crippen molar-refractivity contribution in [2.45, 2.75) is 64.3 Å². The summed E-state index contributed by atoms with van der Waals surface area (Å²) < 4.78 is 1.97. The molecule has 0 bridgehead atoms. The average Bonchev–Trinajstić information content (AvgIpc) is 3.49. The highest BCUT2D eigenvalue weighted by Gasteiger charge is 2.33. The summed E-state index contributed by atoms with van der Waals surface area (Å²) in [6, 6.07) is 22.1. The SMILES string of the molecule is CC(Nc1nccc(-n2cnc3cc(N4CC5CCCCC5CCC4=O)ccc32)n1)C1CCCN(C(=O)Nc2cccc3ccccc23)C1. The predicted octanol–water partition coefficient (Wildman–Crippen LogP) is 7.65. The minimum atomic E-state index is -0.0694. The molecule has 49 heavy (non-hydrogen) atoms. The molecule has 1 aliphatic carbocycles. The predicted molar refractivity (Wildman–Crippen MR) is 194 cm³/mol. The molecule has 3 fully saturated rings. The van der Waals surface area contributed by atoms with E-state index in [0.29, 0.717) is 30.7 Å². The molecule has 3 aromatic carbocycles. The number of carbonyl (C=O) groups is 2. The van der Waals surface area contributed by atoms with Crippen molar-refractivity contribution in [3.63, 3.8) is 0 Å². The van der Waals surface area contributed by atoms with Crippen molar-refractivity contribution in [3.05, 3.63) is 79.3 Å². The number of imidazole rings is 1. The van der Waals surface area contributed by atoms with E-state index in [1.807, 2.05) is 62.9 Å². The van der Waals surface area contributed by atoms with Crippen LogP contribution in [0.2, 0.25) is 0 Å². The highest BCUT2D eigenvalue weighted by molar-refractivity contribution is 6.01. The van der Waals surface area contributed by atoms with Gasteiger partial charge in [-0.05, 0) is 86.1 Å². The minimum Gasteiger partial charge on any atom is -0.351 e. The topological polar surface area (TPSA) is 108 Å². The number of hydrogen-bond acceptors (Lipinski definition) is 6. The number of aromatic nitrogens is 4. The van der Waals surface area contributed by atoms with Crippen molar-refractivity contribution < 1.29 is 9.59 Å². The third-order valence-corrected chi connectivity index (χ3v) is 11.1. The fourth-order valence-electron chi connectivity index (χ4n) is 8.29. The number of urea groups is 1. The molecule has 10 heteroatoms. The lowest BCUT2D eigenvalue weighted by Crippen LogP contribution is -2.46. The van der Waals surface area contributed by atoms with Crippen LogP contribution in [0.25, 0.3) is 27.6 Å². The van der Waals surface area contributed by atoms with E-state index in [0.717, 1.165) is 71.4 Å². The van der Waals surface area contributed by atoms with Gasteiger partial charge in [-0.25, -0.2) is 14.8 Å². The van der Waals surface area contributed by atoms with Gasteiger partial charge in [-0.1, -0.05) is 55.7 Å². The number of anilines is 3. The van der Waals surface area contributed by atoms with Gasteiger partial charge >= 0.3 is 6.03 Å². The van der Waals surface area contributed by atoms with Gasteiger partial charge in [0.1, 0.15) is 12.1 Å². The summed E-state index contributed by atoms with van der Waals surface area (Å²) in [6.45, 7) is 4.33. The quantitative estimate of drug-likeness (QED) is 0.194. The first kappa shape index (κ1) is 31.3. The van der Waals surface area contributed by atoms with Gasteiger partial charge in [0.25, 0.3) is 0 Å². The number of nitrogens with zero attached hydrogens (tertiary/aromatic N) is 6. The van der Waals surface area contributed by atoms with Crippen LogP contribution in [-0.4, -0.2) is 62.0 Å². The molecule has 10 nitrogen and oxygen atoms in total. The standard InChI is InChI=1S/C39H44N8O2/c1-26(29-12-7-21-45(23-29)39(49)43-33-14-6-11-28-9-4-5-13-32(28)33)42-38-40-20-19-36(44-38)47-25-41-34-22-31(16-17-35(34)47)46-24-30-10-3-2-8-27(30)15-18-37(46)48/h4-6,9,11,13-14,16-17,19-20,22,25-27,29-30H,2-3,7-8,10,12,15,18,21,23-24H2,1H3,(H,43,49)(H,40,42,44). The number of hydrogen-bond donors (Lipinski definition) is 2. The van der Waals surface area contributed by atoms with Gasteiger partial charge in [-0.15, -0.1) is 0 Å². The van der Waals surface area contributed by atoms with E-state index in [1.165, 1.54) is 25.7 Å². The number of rotatable bonds is 6. The van der Waals surface area contributed by atoms with Crippen LogP contribution in [0.3, 0.4) is 0 Å². The highest BCUT2D eigenvalue weighted by Crippen LogP contribution is 2.38. The molecule has 2 saturated heterocycles. The van der Waals surface area contributed by atoms with Crippen LogP contribution in [0.5, 0.6) is 0 Å². The van der Waals surface area contributed by atoms with Gasteiger partial charge in [0.15, 0.2) is 0 Å². The Kier molecular flexibility index (Phi) is 8.61. The number of nitrogens with one attached hydrogen (secondary N) is 2. The number of amides is 3. The number of fused-ring (bicyclic) bond motifs is 3. The molecular formula is C39H44N8O2. The second kappa shape index (κ2) is 13.5. The average molecular weight is 657 g/mol. The second-order valence-electron chi connectivity index (χ2n) is 14.1. The zero-order valence-electron chi connectivity index (χ0n) is 28.1. The zero-order chi connectivity index (χ0) is 33.3. The van der Waals surface area contributed by atoms with E-state index in [2.05, 4.69) is 40.7 Å². The summed E-state index contributed by atoms with van der Waals surface area (Å²) in [5, 5.41) is 8.82. The summed E-state index contributed by atoms with van der Waals surface area (Å²) in [5.74, 6) is 2.99. The van der Waals surface area contributed by atoms with Crippen LogP contribution >= 0.6 is 0 Å². The van der Waals surface area contributed by atoms with Crippen molar-refractivity contribution in [2.75, 3.05) is 35.2 Å². The van der Waals surface area contributed by atoms with Crippen LogP contribution in [0.1, 0.15) is 58.3 Å². The molecule has 4 atom stereocenters. The number of piperidine rings is 1. The first-order chi connectivity index (χ1) is 24.0. The van der Waals surface area contributed by atoms with Crippen molar-refractivity contribution in [1.82, 2.24) is 24.4 Å². The maximum absolute atomic E-state index is 13.4. The van der Waals surface area contributed by atoms with E-state index in [1.54, 1.807) is 12.5 Å². The molecular weight excluding hydrogens is 612 g/mol. The molecule has 0 spiro atoms. The van der Waals surface area contributed by atoms with Crippen molar-refractivity contribution in [1.29, 1.82) is 0 Å². The van der Waals surface area contributed by atoms with E-state index in [-0.39, 0.29) is 23.9 Å². The number of carbonyl (C=O) groups excluding carboxylic acids is 2. The van der Waals surface area contributed by atoms with Crippen molar-refractivity contribution in [2.24, 2.45) is 17.8 Å². The Hall–Kier alpha value is -4.99. The van der Waals surface area contributed by atoms with E-state index in [9.17, 15) is 9.59 Å². The lowest BCUT2D eigenvalue weighted by Gasteiger charge is -2.36. The van der Waals surface area contributed by atoms with Crippen molar-refractivity contribution >= 4 is 51.1 Å². The third-order valence-electron chi connectivity index (χ3n) is 11.1. The van der Waals surface area contributed by atoms with E-state index < -0.39 is 0 Å². The van der Waals surface area contributed by atoms with Crippen LogP contribution in [0.15, 0.2) is 79.3 Å². The highest BCUT2D eigenvalue weighted by atomic mass is 16.2. The smallest absolute Gasteiger partial charge is 0.321 e. The molecule has 252 valence electrons. The molecule has 4 heterocycles. The molecule has 3 aliphatic rings. The first-order valence-corrected chi connectivity index (χ1v) is 17.9. The fraction of sp³-hybridized carbons (Fsp3) is 0.410. The van der Waals surface area contributed by atoms with E-state index >= 15 is 0 Å². The zero-order valence-corrected chi connectivity index (χ0v) is 28.1. The molecule has 5 aromatic rings. The van der Waals surface area contributed by atoms with Gasteiger partial charge in [0, 0.05) is 49.4 Å². The minimum absolute atomic E-state index is 0.0559. The maximum atomic E-state index is 13.4.